The van der Waals surface area contributed by atoms with Gasteiger partial charge in [0, 0.05) is 17.2 Å². The fourth-order valence-electron chi connectivity index (χ4n) is 1.44. The van der Waals surface area contributed by atoms with Crippen LogP contribution in [0, 0.1) is 0 Å². The molecule has 0 unspecified atom stereocenters. The molecule has 1 aromatic heterocycles. The number of thioether (sulfide) groups is 1. The van der Waals surface area contributed by atoms with Crippen LogP contribution in [-0.2, 0) is 16.1 Å². The molecule has 0 saturated heterocycles. The summed E-state index contributed by atoms with van der Waals surface area (Å²) in [7, 11) is 0. The summed E-state index contributed by atoms with van der Waals surface area (Å²) in [6, 6.07) is 2.98. The SMILES string of the molecule is C=CCN(Cc1cccs1)C(=O)CSC[C@@H](N)C(=O)O. The Balaban J connectivity index is 2.43. The van der Waals surface area contributed by atoms with Crippen molar-refractivity contribution in [2.75, 3.05) is 18.1 Å². The summed E-state index contributed by atoms with van der Waals surface area (Å²) in [4.78, 5) is 25.5. The Morgan fingerprint density at radius 1 is 1.60 bits per heavy atom. The van der Waals surface area contributed by atoms with E-state index in [1.54, 1.807) is 22.3 Å². The third kappa shape index (κ3) is 5.77. The number of nitrogens with two attached hydrogens (primary N) is 1. The molecule has 0 aliphatic rings. The van der Waals surface area contributed by atoms with Gasteiger partial charge >= 0.3 is 5.97 Å². The van der Waals surface area contributed by atoms with E-state index in [1.165, 1.54) is 11.8 Å². The first kappa shape index (κ1) is 16.7. The van der Waals surface area contributed by atoms with E-state index in [1.807, 2.05) is 17.5 Å². The number of hydrogen-bond donors (Lipinski definition) is 2. The van der Waals surface area contributed by atoms with Gasteiger partial charge < -0.3 is 15.7 Å². The van der Waals surface area contributed by atoms with E-state index < -0.39 is 12.0 Å². The average Bonchev–Trinajstić information content (AvgIpc) is 2.90. The van der Waals surface area contributed by atoms with Gasteiger partial charge in [0.1, 0.15) is 6.04 Å². The standard InChI is InChI=1S/C13H18N2O3S2/c1-2-5-15(7-10-4-3-6-20-10)12(16)9-19-8-11(14)13(17)18/h2-4,6,11H,1,5,7-9,14H2,(H,17,18)/t11-/m1/s1. The summed E-state index contributed by atoms with van der Waals surface area (Å²) in [5, 5.41) is 10.6. The van der Waals surface area contributed by atoms with Crippen LogP contribution in [0.25, 0.3) is 0 Å². The van der Waals surface area contributed by atoms with Crippen molar-refractivity contribution in [1.29, 1.82) is 0 Å². The van der Waals surface area contributed by atoms with Crippen molar-refractivity contribution in [2.24, 2.45) is 5.73 Å². The van der Waals surface area contributed by atoms with E-state index in [9.17, 15) is 9.59 Å². The van der Waals surface area contributed by atoms with E-state index in [0.717, 1.165) is 4.88 Å². The topological polar surface area (TPSA) is 83.6 Å². The van der Waals surface area contributed by atoms with Crippen molar-refractivity contribution in [1.82, 2.24) is 4.90 Å². The summed E-state index contributed by atoms with van der Waals surface area (Å²) >= 11 is 2.83. The fourth-order valence-corrected chi connectivity index (χ4v) is 3.03. The van der Waals surface area contributed by atoms with Gasteiger partial charge in [-0.25, -0.2) is 0 Å². The highest BCUT2D eigenvalue weighted by Gasteiger charge is 2.16. The molecule has 1 atom stereocenters. The number of thiophene rings is 1. The van der Waals surface area contributed by atoms with E-state index in [2.05, 4.69) is 6.58 Å². The molecule has 0 saturated carbocycles. The van der Waals surface area contributed by atoms with Crippen LogP contribution >= 0.6 is 23.1 Å². The van der Waals surface area contributed by atoms with Gasteiger partial charge in [-0.3, -0.25) is 9.59 Å². The van der Waals surface area contributed by atoms with E-state index in [0.29, 0.717) is 13.1 Å². The van der Waals surface area contributed by atoms with Crippen LogP contribution in [0.5, 0.6) is 0 Å². The number of hydrogen-bond acceptors (Lipinski definition) is 5. The zero-order chi connectivity index (χ0) is 15.0. The summed E-state index contributed by atoms with van der Waals surface area (Å²) in [5.74, 6) is -0.644. The molecule has 1 rings (SSSR count). The van der Waals surface area contributed by atoms with Gasteiger partial charge in [0.2, 0.25) is 5.91 Å². The molecule has 1 aromatic rings. The highest BCUT2D eigenvalue weighted by molar-refractivity contribution is 8.00. The molecule has 0 aliphatic carbocycles. The maximum atomic E-state index is 12.1. The van der Waals surface area contributed by atoms with Crippen LogP contribution in [0.15, 0.2) is 30.2 Å². The summed E-state index contributed by atoms with van der Waals surface area (Å²) in [6.07, 6.45) is 1.68. The zero-order valence-corrected chi connectivity index (χ0v) is 12.7. The summed E-state index contributed by atoms with van der Waals surface area (Å²) in [5.41, 5.74) is 5.39. The minimum atomic E-state index is -1.05. The molecule has 1 heterocycles. The van der Waals surface area contributed by atoms with Crippen molar-refractivity contribution in [2.45, 2.75) is 12.6 Å². The Morgan fingerprint density at radius 2 is 2.35 bits per heavy atom. The molecular weight excluding hydrogens is 296 g/mol. The van der Waals surface area contributed by atoms with Crippen molar-refractivity contribution in [3.05, 3.63) is 35.0 Å². The van der Waals surface area contributed by atoms with Crippen molar-refractivity contribution >= 4 is 35.0 Å². The molecule has 0 spiro atoms. The average molecular weight is 314 g/mol. The molecule has 110 valence electrons. The predicted molar refractivity (Wildman–Crippen MR) is 82.9 cm³/mol. The lowest BCUT2D eigenvalue weighted by Gasteiger charge is -2.20. The third-order valence-electron chi connectivity index (χ3n) is 2.47. The lowest BCUT2D eigenvalue weighted by Crippen LogP contribution is -2.35. The lowest BCUT2D eigenvalue weighted by atomic mass is 10.4. The number of carbonyl (C=O) groups excluding carboxylic acids is 1. The van der Waals surface area contributed by atoms with Crippen LogP contribution in [-0.4, -0.2) is 46.0 Å². The molecule has 20 heavy (non-hydrogen) atoms. The number of amides is 1. The number of nitrogens with zero attached hydrogens (tertiary/aromatic N) is 1. The molecule has 1 amide bonds. The number of carboxylic acids is 1. The smallest absolute Gasteiger partial charge is 0.321 e. The van der Waals surface area contributed by atoms with Gasteiger partial charge in [0.25, 0.3) is 0 Å². The minimum absolute atomic E-state index is 0.0408. The molecular formula is C13H18N2O3S2. The molecule has 0 aliphatic heterocycles. The van der Waals surface area contributed by atoms with Crippen LogP contribution in [0.3, 0.4) is 0 Å². The second-order valence-electron chi connectivity index (χ2n) is 4.10. The first-order valence-corrected chi connectivity index (χ1v) is 8.05. The number of carbonyl (C=O) groups is 2. The Labute approximate surface area is 126 Å². The van der Waals surface area contributed by atoms with Crippen LogP contribution < -0.4 is 5.73 Å². The van der Waals surface area contributed by atoms with Gasteiger partial charge in [-0.2, -0.15) is 0 Å². The van der Waals surface area contributed by atoms with Gasteiger partial charge in [-0.1, -0.05) is 12.1 Å². The Kier molecular flexibility index (Phi) is 7.35. The summed E-state index contributed by atoms with van der Waals surface area (Å²) < 4.78 is 0. The Morgan fingerprint density at radius 3 is 2.90 bits per heavy atom. The van der Waals surface area contributed by atoms with Gasteiger partial charge in [-0.15, -0.1) is 29.7 Å². The van der Waals surface area contributed by atoms with Crippen LogP contribution in [0.2, 0.25) is 0 Å². The van der Waals surface area contributed by atoms with Gasteiger partial charge in [-0.05, 0) is 11.4 Å². The van der Waals surface area contributed by atoms with Gasteiger partial charge in [0.15, 0.2) is 0 Å². The molecule has 0 bridgehead atoms. The lowest BCUT2D eigenvalue weighted by molar-refractivity contribution is -0.138. The number of rotatable bonds is 9. The largest absolute Gasteiger partial charge is 0.480 e. The first-order valence-electron chi connectivity index (χ1n) is 6.01. The maximum Gasteiger partial charge on any atom is 0.321 e. The van der Waals surface area contributed by atoms with Crippen molar-refractivity contribution in [3.8, 4) is 0 Å². The fraction of sp³-hybridized carbons (Fsp3) is 0.385. The van der Waals surface area contributed by atoms with Crippen LogP contribution in [0.4, 0.5) is 0 Å². The van der Waals surface area contributed by atoms with Gasteiger partial charge in [0.05, 0.1) is 12.3 Å². The molecule has 7 heteroatoms. The quantitative estimate of drug-likeness (QED) is 0.673. The Hall–Kier alpha value is -1.31. The monoisotopic (exact) mass is 314 g/mol. The number of aliphatic carboxylic acids is 1. The van der Waals surface area contributed by atoms with Crippen LogP contribution in [0.1, 0.15) is 4.88 Å². The molecule has 5 nitrogen and oxygen atoms in total. The van der Waals surface area contributed by atoms with E-state index in [4.69, 9.17) is 10.8 Å². The normalized spacial score (nSPS) is 11.8. The van der Waals surface area contributed by atoms with Crippen molar-refractivity contribution in [3.63, 3.8) is 0 Å². The highest BCUT2D eigenvalue weighted by atomic mass is 32.2. The maximum absolute atomic E-state index is 12.1. The molecule has 0 fully saturated rings. The third-order valence-corrected chi connectivity index (χ3v) is 4.38. The minimum Gasteiger partial charge on any atom is -0.480 e. The molecule has 0 aromatic carbocycles. The Bertz CT molecular complexity index is 448. The molecule has 3 N–H and O–H groups in total. The highest BCUT2D eigenvalue weighted by Crippen LogP contribution is 2.13. The first-order chi connectivity index (χ1) is 9.54. The summed E-state index contributed by atoms with van der Waals surface area (Å²) in [6.45, 7) is 4.67. The predicted octanol–water partition coefficient (Wildman–Crippen LogP) is 1.41. The number of carboxylic acid groups (broad SMARTS) is 1. The second-order valence-corrected chi connectivity index (χ2v) is 6.16. The zero-order valence-electron chi connectivity index (χ0n) is 11.0. The second kappa shape index (κ2) is 8.78. The van der Waals surface area contributed by atoms with Crippen molar-refractivity contribution < 1.29 is 14.7 Å². The molecule has 0 radical (unpaired) electrons. The van der Waals surface area contributed by atoms with E-state index >= 15 is 0 Å². The van der Waals surface area contributed by atoms with E-state index in [-0.39, 0.29) is 17.4 Å².